The first-order valence-corrected chi connectivity index (χ1v) is 3.42. The van der Waals surface area contributed by atoms with Crippen molar-refractivity contribution in [3.63, 3.8) is 0 Å². The van der Waals surface area contributed by atoms with Crippen LogP contribution in [0.15, 0.2) is 11.8 Å². The summed E-state index contributed by atoms with van der Waals surface area (Å²) in [6, 6.07) is 0. The van der Waals surface area contributed by atoms with Gasteiger partial charge in [0, 0.05) is 0 Å². The molecule has 0 saturated heterocycles. The van der Waals surface area contributed by atoms with Crippen LogP contribution < -0.4 is 0 Å². The quantitative estimate of drug-likeness (QED) is 0.423. The Balaban J connectivity index is 2.37. The molecular weight excluding hydrogens is 92.1 g/mol. The molecule has 0 aromatic heterocycles. The maximum atomic E-state index is 4.95. The third-order valence-electron chi connectivity index (χ3n) is 0.757. The molecular formula is C4H6OSi. The van der Waals surface area contributed by atoms with Gasteiger partial charge >= 0.3 is 0 Å². The zero-order chi connectivity index (χ0) is 4.41. The minimum Gasteiger partial charge on any atom is -0.550 e. The van der Waals surface area contributed by atoms with Gasteiger partial charge in [-0.25, -0.2) is 0 Å². The Hall–Kier alpha value is -0.373. The molecule has 1 aliphatic rings. The SMILES string of the molecule is CO[Si]1=CC=C1. The molecule has 0 saturated carbocycles. The third-order valence-corrected chi connectivity index (χ3v) is 2.27. The fourth-order valence-electron chi connectivity index (χ4n) is 0.311. The van der Waals surface area contributed by atoms with Gasteiger partial charge in [-0.3, -0.25) is 0 Å². The average Bonchev–Trinajstić information content (AvgIpc) is 1.31. The van der Waals surface area contributed by atoms with Gasteiger partial charge in [-0.05, 0) is 11.4 Å². The Labute approximate surface area is 38.6 Å². The molecule has 0 fully saturated rings. The largest absolute Gasteiger partial charge is 0.550 e. The van der Waals surface area contributed by atoms with E-state index in [1.165, 1.54) is 0 Å². The maximum Gasteiger partial charge on any atom is 0.260 e. The highest BCUT2D eigenvalue weighted by Gasteiger charge is 1.94. The summed E-state index contributed by atoms with van der Waals surface area (Å²) in [7, 11) is 1.25. The van der Waals surface area contributed by atoms with Gasteiger partial charge in [-0.15, -0.1) is 0 Å². The van der Waals surface area contributed by atoms with Crippen molar-refractivity contribution in [2.45, 2.75) is 0 Å². The molecule has 6 heavy (non-hydrogen) atoms. The topological polar surface area (TPSA) is 9.23 Å². The minimum atomic E-state index is -0.493. The average molecular weight is 98.2 g/mol. The van der Waals surface area contributed by atoms with E-state index in [4.69, 9.17) is 4.43 Å². The second-order valence-electron chi connectivity index (χ2n) is 1.13. The number of hydrogen-bond acceptors (Lipinski definition) is 1. The lowest BCUT2D eigenvalue weighted by Gasteiger charge is -2.00. The monoisotopic (exact) mass is 98.0 g/mol. The summed E-state index contributed by atoms with van der Waals surface area (Å²) < 4.78 is 4.95. The molecule has 0 radical (unpaired) electrons. The van der Waals surface area contributed by atoms with Crippen LogP contribution in [0.1, 0.15) is 0 Å². The summed E-state index contributed by atoms with van der Waals surface area (Å²) in [6.07, 6.45) is 2.03. The van der Waals surface area contributed by atoms with E-state index in [1.54, 1.807) is 7.11 Å². The lowest BCUT2D eigenvalue weighted by atomic mass is 10.7. The summed E-state index contributed by atoms with van der Waals surface area (Å²) in [5.74, 6) is 0. The first-order chi connectivity index (χ1) is 2.93. The van der Waals surface area contributed by atoms with Gasteiger partial charge in [-0.2, -0.15) is 0 Å². The highest BCUT2D eigenvalue weighted by atomic mass is 28.3. The third kappa shape index (κ3) is 0.430. The lowest BCUT2D eigenvalue weighted by Crippen LogP contribution is -2.10. The van der Waals surface area contributed by atoms with Crippen molar-refractivity contribution in [1.82, 2.24) is 0 Å². The van der Waals surface area contributed by atoms with E-state index >= 15 is 0 Å². The smallest absolute Gasteiger partial charge is 0.260 e. The molecule has 0 aromatic carbocycles. The van der Waals surface area contributed by atoms with Gasteiger partial charge in [0.2, 0.25) is 0 Å². The van der Waals surface area contributed by atoms with Crippen LogP contribution in [0.5, 0.6) is 0 Å². The summed E-state index contributed by atoms with van der Waals surface area (Å²) >= 11 is 0. The summed E-state index contributed by atoms with van der Waals surface area (Å²) in [6.45, 7) is 0. The van der Waals surface area contributed by atoms with Crippen LogP contribution in [-0.4, -0.2) is 21.4 Å². The van der Waals surface area contributed by atoms with Crippen molar-refractivity contribution in [3.05, 3.63) is 11.8 Å². The fourth-order valence-corrected chi connectivity index (χ4v) is 0.933. The predicted molar refractivity (Wildman–Crippen MR) is 28.0 cm³/mol. The van der Waals surface area contributed by atoms with Crippen LogP contribution >= 0.6 is 0 Å². The van der Waals surface area contributed by atoms with Gasteiger partial charge in [0.25, 0.3) is 8.65 Å². The van der Waals surface area contributed by atoms with Crippen molar-refractivity contribution >= 4 is 14.3 Å². The Bertz CT molecular complexity index is 104. The Morgan fingerprint density at radius 3 is 2.33 bits per heavy atom. The molecule has 0 atom stereocenters. The second-order valence-corrected chi connectivity index (χ2v) is 3.01. The van der Waals surface area contributed by atoms with E-state index in [9.17, 15) is 0 Å². The van der Waals surface area contributed by atoms with E-state index in [-0.39, 0.29) is 0 Å². The second kappa shape index (κ2) is 1.39. The Kier molecular flexibility index (Phi) is 0.879. The molecule has 0 aromatic rings. The van der Waals surface area contributed by atoms with Crippen LogP contribution in [-0.2, 0) is 4.43 Å². The van der Waals surface area contributed by atoms with Gasteiger partial charge in [0.1, 0.15) is 0 Å². The first kappa shape index (κ1) is 3.80. The summed E-state index contributed by atoms with van der Waals surface area (Å²) in [5, 5.41) is 0. The van der Waals surface area contributed by atoms with Crippen molar-refractivity contribution in [3.8, 4) is 0 Å². The van der Waals surface area contributed by atoms with E-state index in [0.29, 0.717) is 0 Å². The van der Waals surface area contributed by atoms with Gasteiger partial charge in [0.05, 0.1) is 7.11 Å². The lowest BCUT2D eigenvalue weighted by molar-refractivity contribution is 0.445. The van der Waals surface area contributed by atoms with Crippen LogP contribution in [0.4, 0.5) is 0 Å². The molecule has 0 spiro atoms. The molecule has 1 nitrogen and oxygen atoms in total. The van der Waals surface area contributed by atoms with Crippen molar-refractivity contribution in [2.75, 3.05) is 7.11 Å². The van der Waals surface area contributed by atoms with E-state index in [1.807, 2.05) is 6.08 Å². The van der Waals surface area contributed by atoms with Crippen molar-refractivity contribution in [2.24, 2.45) is 0 Å². The summed E-state index contributed by atoms with van der Waals surface area (Å²) in [4.78, 5) is 0. The number of rotatable bonds is 1. The van der Waals surface area contributed by atoms with E-state index < -0.39 is 8.65 Å². The van der Waals surface area contributed by atoms with Crippen molar-refractivity contribution in [1.29, 1.82) is 0 Å². The molecule has 1 aliphatic heterocycles. The molecule has 32 valence electrons. The highest BCUT2D eigenvalue weighted by molar-refractivity contribution is 6.71. The molecule has 2 heteroatoms. The molecule has 0 amide bonds. The minimum absolute atomic E-state index is 0.493. The zero-order valence-corrected chi connectivity index (χ0v) is 4.64. The van der Waals surface area contributed by atoms with Gasteiger partial charge < -0.3 is 4.43 Å². The van der Waals surface area contributed by atoms with Crippen LogP contribution in [0, 0.1) is 0 Å². The molecule has 0 bridgehead atoms. The maximum absolute atomic E-state index is 4.95. The molecule has 1 heterocycles. The van der Waals surface area contributed by atoms with Gasteiger partial charge in [0.15, 0.2) is 0 Å². The molecule has 1 rings (SSSR count). The van der Waals surface area contributed by atoms with Crippen molar-refractivity contribution < 1.29 is 4.43 Å². The number of allylic oxidation sites excluding steroid dienone is 1. The number of hydrogen-bond donors (Lipinski definition) is 0. The Morgan fingerprint density at radius 1 is 1.67 bits per heavy atom. The summed E-state index contributed by atoms with van der Waals surface area (Å²) in [5.41, 5.74) is 4.20. The van der Waals surface area contributed by atoms with E-state index in [2.05, 4.69) is 11.4 Å². The van der Waals surface area contributed by atoms with Crippen LogP contribution in [0.25, 0.3) is 0 Å². The molecule has 0 aliphatic carbocycles. The predicted octanol–water partition coefficient (Wildman–Crippen LogP) is 0.117. The molecule has 0 unspecified atom stereocenters. The first-order valence-electron chi connectivity index (χ1n) is 1.86. The van der Waals surface area contributed by atoms with Crippen LogP contribution in [0.3, 0.4) is 0 Å². The van der Waals surface area contributed by atoms with Gasteiger partial charge in [-0.1, -0.05) is 6.08 Å². The Morgan fingerprint density at radius 2 is 2.33 bits per heavy atom. The highest BCUT2D eigenvalue weighted by Crippen LogP contribution is 1.82. The normalized spacial score (nSPS) is 15.8. The zero-order valence-electron chi connectivity index (χ0n) is 3.64. The van der Waals surface area contributed by atoms with Crippen LogP contribution in [0.2, 0.25) is 0 Å². The molecule has 0 N–H and O–H groups in total. The fraction of sp³-hybridized carbons (Fsp3) is 0.250. The van der Waals surface area contributed by atoms with E-state index in [0.717, 1.165) is 0 Å². The standard InChI is InChI=1S/C4H6OSi/c1-5-6-3-2-4-6/h2-4H,1H3.